The van der Waals surface area contributed by atoms with Gasteiger partial charge in [-0.15, -0.1) is 0 Å². The molecule has 0 aliphatic carbocycles. The average molecular weight is 479 g/mol. The number of carbonyl (C=O) groups excluding carboxylic acids is 4. The molecule has 0 spiro atoms. The van der Waals surface area contributed by atoms with E-state index in [9.17, 15) is 19.2 Å². The highest BCUT2D eigenvalue weighted by atomic mass is 79.9. The molecule has 2 aromatic rings. The molecule has 3 N–H and O–H groups in total. The third-order valence-corrected chi connectivity index (χ3v) is 4.59. The van der Waals surface area contributed by atoms with Gasteiger partial charge in [0.2, 0.25) is 0 Å². The number of halogens is 2. The van der Waals surface area contributed by atoms with Gasteiger partial charge in [-0.1, -0.05) is 39.7 Å². The molecule has 0 unspecified atom stereocenters. The molecule has 1 saturated heterocycles. The first-order valence-electron chi connectivity index (χ1n) is 8.14. The third kappa shape index (κ3) is 4.64. The molecule has 0 radical (unpaired) electrons. The summed E-state index contributed by atoms with van der Waals surface area (Å²) in [4.78, 5) is 48.9. The number of anilines is 1. The Bertz CT molecular complexity index is 1070. The minimum atomic E-state index is -0.844. The van der Waals surface area contributed by atoms with Gasteiger partial charge in [0.05, 0.1) is 10.7 Å². The van der Waals surface area contributed by atoms with Gasteiger partial charge in [-0.3, -0.25) is 19.7 Å². The van der Waals surface area contributed by atoms with Crippen molar-refractivity contribution in [3.63, 3.8) is 0 Å². The highest BCUT2D eigenvalue weighted by Crippen LogP contribution is 2.28. The number of rotatable bonds is 5. The van der Waals surface area contributed by atoms with E-state index in [2.05, 4.69) is 21.2 Å². The van der Waals surface area contributed by atoms with Crippen LogP contribution in [0.1, 0.15) is 5.56 Å². The molecule has 0 saturated carbocycles. The molecule has 29 heavy (non-hydrogen) atoms. The molecule has 148 valence electrons. The van der Waals surface area contributed by atoms with E-state index in [0.29, 0.717) is 15.7 Å². The summed E-state index contributed by atoms with van der Waals surface area (Å²) in [6.07, 6.45) is 1.30. The van der Waals surface area contributed by atoms with Crippen LogP contribution in [-0.4, -0.2) is 30.4 Å². The van der Waals surface area contributed by atoms with Crippen molar-refractivity contribution in [3.8, 4) is 5.75 Å². The molecule has 8 nitrogen and oxygen atoms in total. The molecule has 0 aromatic heterocycles. The number of nitrogens with two attached hydrogens (primary N) is 1. The summed E-state index contributed by atoms with van der Waals surface area (Å²) in [6.45, 7) is -0.343. The van der Waals surface area contributed by atoms with Crippen molar-refractivity contribution in [3.05, 3.63) is 63.1 Å². The van der Waals surface area contributed by atoms with Crippen molar-refractivity contribution < 1.29 is 23.9 Å². The molecule has 1 fully saturated rings. The standard InChI is InChI=1S/C19H13BrClN3O5/c20-11-2-1-3-12(8-11)24-18(27)13(17(26)23-19(24)28)6-10-4-5-15(14(21)7-10)29-9-16(22)25/h1-8H,9H2,(H2,22,25)(H,23,26,28). The number of barbiturate groups is 1. The highest BCUT2D eigenvalue weighted by Gasteiger charge is 2.36. The number of benzene rings is 2. The Labute approximate surface area is 178 Å². The predicted molar refractivity (Wildman–Crippen MR) is 109 cm³/mol. The number of nitrogens with zero attached hydrogens (tertiary/aromatic N) is 1. The fourth-order valence-electron chi connectivity index (χ4n) is 2.55. The largest absolute Gasteiger partial charge is 0.482 e. The normalized spacial score (nSPS) is 15.4. The number of primary amides is 1. The highest BCUT2D eigenvalue weighted by molar-refractivity contribution is 9.10. The number of amides is 5. The summed E-state index contributed by atoms with van der Waals surface area (Å²) in [7, 11) is 0. The van der Waals surface area contributed by atoms with E-state index < -0.39 is 23.8 Å². The van der Waals surface area contributed by atoms with E-state index in [-0.39, 0.29) is 23.0 Å². The number of hydrogen-bond donors (Lipinski definition) is 2. The van der Waals surface area contributed by atoms with Crippen molar-refractivity contribution in [2.24, 2.45) is 5.73 Å². The van der Waals surface area contributed by atoms with Crippen LogP contribution >= 0.6 is 27.5 Å². The van der Waals surface area contributed by atoms with Crippen LogP contribution in [0.2, 0.25) is 5.02 Å². The summed E-state index contributed by atoms with van der Waals surface area (Å²) in [6, 6.07) is 10.2. The number of urea groups is 1. The molecule has 1 heterocycles. The Morgan fingerprint density at radius 3 is 2.62 bits per heavy atom. The van der Waals surface area contributed by atoms with E-state index in [0.717, 1.165) is 4.90 Å². The van der Waals surface area contributed by atoms with Crippen LogP contribution in [0.15, 0.2) is 52.5 Å². The number of hydrogen-bond acceptors (Lipinski definition) is 5. The van der Waals surface area contributed by atoms with E-state index in [1.807, 2.05) is 0 Å². The lowest BCUT2D eigenvalue weighted by atomic mass is 10.1. The van der Waals surface area contributed by atoms with Gasteiger partial charge in [0.1, 0.15) is 11.3 Å². The molecule has 1 aliphatic rings. The summed E-state index contributed by atoms with van der Waals surface area (Å²) in [5, 5.41) is 2.30. The molecule has 1 aliphatic heterocycles. The van der Waals surface area contributed by atoms with Gasteiger partial charge in [0, 0.05) is 4.47 Å². The maximum atomic E-state index is 12.8. The minimum absolute atomic E-state index is 0.157. The number of ether oxygens (including phenoxy) is 1. The van der Waals surface area contributed by atoms with Gasteiger partial charge in [-0.25, -0.2) is 9.69 Å². The predicted octanol–water partition coefficient (Wildman–Crippen LogP) is 2.63. The zero-order valence-corrected chi connectivity index (χ0v) is 17.0. The zero-order valence-electron chi connectivity index (χ0n) is 14.6. The fraction of sp³-hybridized carbons (Fsp3) is 0.0526. The summed E-state index contributed by atoms with van der Waals surface area (Å²) in [5.74, 6) is -2.04. The molecule has 10 heteroatoms. The van der Waals surface area contributed by atoms with E-state index >= 15 is 0 Å². The molecular weight excluding hydrogens is 466 g/mol. The Kier molecular flexibility index (Phi) is 6.00. The molecule has 5 amide bonds. The van der Waals surface area contributed by atoms with E-state index in [4.69, 9.17) is 22.1 Å². The third-order valence-electron chi connectivity index (χ3n) is 3.80. The van der Waals surface area contributed by atoms with Gasteiger partial charge in [0.25, 0.3) is 17.7 Å². The van der Waals surface area contributed by atoms with Crippen molar-refractivity contribution in [2.45, 2.75) is 0 Å². The van der Waals surface area contributed by atoms with Gasteiger partial charge >= 0.3 is 6.03 Å². The van der Waals surface area contributed by atoms with Crippen LogP contribution in [0.4, 0.5) is 10.5 Å². The first kappa shape index (κ1) is 20.6. The quantitative estimate of drug-likeness (QED) is 0.506. The second kappa shape index (κ2) is 8.46. The lowest BCUT2D eigenvalue weighted by Crippen LogP contribution is -2.54. The van der Waals surface area contributed by atoms with Crippen LogP contribution in [0.3, 0.4) is 0 Å². The first-order chi connectivity index (χ1) is 13.8. The number of nitrogens with one attached hydrogen (secondary N) is 1. The SMILES string of the molecule is NC(=O)COc1ccc(C=C2C(=O)NC(=O)N(c3cccc(Br)c3)C2=O)cc1Cl. The lowest BCUT2D eigenvalue weighted by Gasteiger charge is -2.26. The van der Waals surface area contributed by atoms with Crippen molar-refractivity contribution in [1.82, 2.24) is 5.32 Å². The van der Waals surface area contributed by atoms with Crippen molar-refractivity contribution in [1.29, 1.82) is 0 Å². The molecule has 0 atom stereocenters. The zero-order chi connectivity index (χ0) is 21.1. The Hall–Kier alpha value is -3.17. The van der Waals surface area contributed by atoms with Crippen LogP contribution in [-0.2, 0) is 14.4 Å². The lowest BCUT2D eigenvalue weighted by molar-refractivity contribution is -0.123. The van der Waals surface area contributed by atoms with Gasteiger partial charge in [-0.2, -0.15) is 0 Å². The van der Waals surface area contributed by atoms with Gasteiger partial charge < -0.3 is 10.5 Å². The van der Waals surface area contributed by atoms with E-state index in [1.165, 1.54) is 24.3 Å². The van der Waals surface area contributed by atoms with Crippen LogP contribution in [0.25, 0.3) is 6.08 Å². The molecular formula is C19H13BrClN3O5. The second-order valence-corrected chi connectivity index (χ2v) is 7.21. The fourth-order valence-corrected chi connectivity index (χ4v) is 3.18. The van der Waals surface area contributed by atoms with Gasteiger partial charge in [-0.05, 0) is 42.0 Å². The van der Waals surface area contributed by atoms with Crippen LogP contribution in [0.5, 0.6) is 5.75 Å². The topological polar surface area (TPSA) is 119 Å². The molecule has 0 bridgehead atoms. The Balaban J connectivity index is 1.92. The van der Waals surface area contributed by atoms with Crippen molar-refractivity contribution in [2.75, 3.05) is 11.5 Å². The minimum Gasteiger partial charge on any atom is -0.482 e. The Morgan fingerprint density at radius 1 is 1.21 bits per heavy atom. The van der Waals surface area contributed by atoms with Crippen LogP contribution < -0.4 is 20.7 Å². The van der Waals surface area contributed by atoms with Gasteiger partial charge in [0.15, 0.2) is 6.61 Å². The molecule has 3 rings (SSSR count). The summed E-state index contributed by atoms with van der Waals surface area (Å²) >= 11 is 9.39. The second-order valence-electron chi connectivity index (χ2n) is 5.88. The van der Waals surface area contributed by atoms with Crippen molar-refractivity contribution >= 4 is 63.0 Å². The monoisotopic (exact) mass is 477 g/mol. The Morgan fingerprint density at radius 2 is 1.97 bits per heavy atom. The maximum absolute atomic E-state index is 12.8. The smallest absolute Gasteiger partial charge is 0.335 e. The number of carbonyl (C=O) groups is 4. The molecule has 2 aromatic carbocycles. The summed E-state index contributed by atoms with van der Waals surface area (Å²) in [5.41, 5.74) is 5.50. The maximum Gasteiger partial charge on any atom is 0.335 e. The number of imide groups is 2. The van der Waals surface area contributed by atoms with Crippen LogP contribution in [0, 0.1) is 0 Å². The van der Waals surface area contributed by atoms with E-state index in [1.54, 1.807) is 24.3 Å². The first-order valence-corrected chi connectivity index (χ1v) is 9.31. The average Bonchev–Trinajstić information content (AvgIpc) is 2.64. The summed E-state index contributed by atoms with van der Waals surface area (Å²) < 4.78 is 5.82.